The quantitative estimate of drug-likeness (QED) is 0.722. The van der Waals surface area contributed by atoms with Gasteiger partial charge in [0.1, 0.15) is 0 Å². The van der Waals surface area contributed by atoms with Crippen LogP contribution in [0.2, 0.25) is 0 Å². The summed E-state index contributed by atoms with van der Waals surface area (Å²) in [5.74, 6) is 0.804. The summed E-state index contributed by atoms with van der Waals surface area (Å²) in [4.78, 5) is 12.4. The Bertz CT molecular complexity index is 596. The number of benzene rings is 2. The molecule has 1 nitrogen and oxygen atoms in total. The van der Waals surface area contributed by atoms with Gasteiger partial charge in [0.25, 0.3) is 0 Å². The fourth-order valence-electron chi connectivity index (χ4n) is 2.45. The Morgan fingerprint density at radius 2 is 1.70 bits per heavy atom. The molecule has 104 valence electrons. The van der Waals surface area contributed by atoms with Crippen molar-refractivity contribution in [2.24, 2.45) is 5.92 Å². The third-order valence-electron chi connectivity index (χ3n) is 3.34. The van der Waals surface area contributed by atoms with E-state index >= 15 is 0 Å². The molecule has 2 aromatic rings. The first-order chi connectivity index (χ1) is 9.54. The highest BCUT2D eigenvalue weighted by atomic mass is 16.1. The lowest BCUT2D eigenvalue weighted by atomic mass is 9.97. The van der Waals surface area contributed by atoms with Gasteiger partial charge >= 0.3 is 0 Å². The molecule has 0 aromatic heterocycles. The highest BCUT2D eigenvalue weighted by Gasteiger charge is 2.08. The normalized spacial score (nSPS) is 10.8. The molecule has 0 aliphatic heterocycles. The highest BCUT2D eigenvalue weighted by molar-refractivity contribution is 5.97. The predicted molar refractivity (Wildman–Crippen MR) is 84.2 cm³/mol. The molecule has 0 saturated carbocycles. The maximum absolute atomic E-state index is 12.4. The van der Waals surface area contributed by atoms with Crippen molar-refractivity contribution in [3.63, 3.8) is 0 Å². The van der Waals surface area contributed by atoms with Gasteiger partial charge in [0.05, 0.1) is 0 Å². The molecule has 0 saturated heterocycles. The van der Waals surface area contributed by atoms with Crippen molar-refractivity contribution < 1.29 is 4.79 Å². The molecule has 0 bridgehead atoms. The molecule has 0 aliphatic rings. The van der Waals surface area contributed by atoms with Gasteiger partial charge in [0.2, 0.25) is 0 Å². The van der Waals surface area contributed by atoms with Crippen LogP contribution in [0.5, 0.6) is 0 Å². The first kappa shape index (κ1) is 14.5. The van der Waals surface area contributed by atoms with Gasteiger partial charge in [-0.05, 0) is 36.5 Å². The van der Waals surface area contributed by atoms with Gasteiger partial charge in [-0.25, -0.2) is 0 Å². The second-order valence-corrected chi connectivity index (χ2v) is 5.89. The van der Waals surface area contributed by atoms with Gasteiger partial charge in [0, 0.05) is 12.0 Å². The highest BCUT2D eigenvalue weighted by Crippen LogP contribution is 2.14. The van der Waals surface area contributed by atoms with E-state index in [4.69, 9.17) is 0 Å². The lowest BCUT2D eigenvalue weighted by Gasteiger charge is -2.07. The fourth-order valence-corrected chi connectivity index (χ4v) is 2.45. The minimum Gasteiger partial charge on any atom is -0.294 e. The smallest absolute Gasteiger partial charge is 0.167 e. The fraction of sp³-hybridized carbons (Fsp3) is 0.316. The number of carbonyl (C=O) groups is 1. The van der Waals surface area contributed by atoms with E-state index in [1.807, 2.05) is 30.3 Å². The summed E-state index contributed by atoms with van der Waals surface area (Å²) in [6.45, 7) is 6.44. The van der Waals surface area contributed by atoms with Gasteiger partial charge in [-0.1, -0.05) is 61.9 Å². The van der Waals surface area contributed by atoms with Crippen molar-refractivity contribution in [2.75, 3.05) is 0 Å². The van der Waals surface area contributed by atoms with Gasteiger partial charge in [-0.15, -0.1) is 0 Å². The molecule has 0 aliphatic carbocycles. The van der Waals surface area contributed by atoms with Crippen LogP contribution >= 0.6 is 0 Å². The van der Waals surface area contributed by atoms with Crippen LogP contribution < -0.4 is 0 Å². The van der Waals surface area contributed by atoms with Crippen LogP contribution in [0.25, 0.3) is 0 Å². The lowest BCUT2D eigenvalue weighted by molar-refractivity contribution is 0.0993. The van der Waals surface area contributed by atoms with Gasteiger partial charge < -0.3 is 0 Å². The third-order valence-corrected chi connectivity index (χ3v) is 3.34. The van der Waals surface area contributed by atoms with Crippen LogP contribution in [0, 0.1) is 12.8 Å². The number of hydrogen-bond donors (Lipinski definition) is 0. The summed E-state index contributed by atoms with van der Waals surface area (Å²) in [5, 5.41) is 0. The molecule has 20 heavy (non-hydrogen) atoms. The van der Waals surface area contributed by atoms with Crippen LogP contribution in [-0.4, -0.2) is 5.78 Å². The van der Waals surface area contributed by atoms with Gasteiger partial charge in [0.15, 0.2) is 5.78 Å². The van der Waals surface area contributed by atoms with E-state index in [-0.39, 0.29) is 5.78 Å². The summed E-state index contributed by atoms with van der Waals surface area (Å²) in [5.41, 5.74) is 4.35. The number of rotatable bonds is 5. The van der Waals surface area contributed by atoms with Crippen LogP contribution in [0.1, 0.15) is 40.9 Å². The van der Waals surface area contributed by atoms with Crippen molar-refractivity contribution in [1.29, 1.82) is 0 Å². The van der Waals surface area contributed by atoms with E-state index in [0.717, 1.165) is 17.5 Å². The van der Waals surface area contributed by atoms with Crippen molar-refractivity contribution in [2.45, 2.75) is 33.6 Å². The molecule has 0 unspecified atom stereocenters. The van der Waals surface area contributed by atoms with Crippen LogP contribution in [-0.2, 0) is 12.8 Å². The Hall–Kier alpha value is -1.89. The van der Waals surface area contributed by atoms with E-state index in [0.29, 0.717) is 12.3 Å². The summed E-state index contributed by atoms with van der Waals surface area (Å²) in [6.07, 6.45) is 1.50. The summed E-state index contributed by atoms with van der Waals surface area (Å²) in [7, 11) is 0. The monoisotopic (exact) mass is 266 g/mol. The topological polar surface area (TPSA) is 17.1 Å². The zero-order valence-electron chi connectivity index (χ0n) is 12.5. The van der Waals surface area contributed by atoms with E-state index < -0.39 is 0 Å². The van der Waals surface area contributed by atoms with Crippen molar-refractivity contribution in [3.05, 3.63) is 70.8 Å². The van der Waals surface area contributed by atoms with Crippen molar-refractivity contribution in [3.8, 4) is 0 Å². The van der Waals surface area contributed by atoms with E-state index in [1.54, 1.807) is 0 Å². The average molecular weight is 266 g/mol. The van der Waals surface area contributed by atoms with Crippen molar-refractivity contribution in [1.82, 2.24) is 0 Å². The predicted octanol–water partition coefficient (Wildman–Crippen LogP) is 4.62. The molecule has 0 amide bonds. The minimum absolute atomic E-state index is 0.196. The number of ketones is 1. The first-order valence-corrected chi connectivity index (χ1v) is 7.22. The summed E-state index contributed by atoms with van der Waals surface area (Å²) < 4.78 is 0. The van der Waals surface area contributed by atoms with E-state index in [1.165, 1.54) is 11.1 Å². The van der Waals surface area contributed by atoms with E-state index in [9.17, 15) is 4.79 Å². The van der Waals surface area contributed by atoms with Crippen LogP contribution in [0.15, 0.2) is 48.5 Å². The first-order valence-electron chi connectivity index (χ1n) is 7.22. The minimum atomic E-state index is 0.196. The molecule has 0 radical (unpaired) electrons. The Kier molecular flexibility index (Phi) is 4.73. The number of hydrogen-bond acceptors (Lipinski definition) is 1. The maximum Gasteiger partial charge on any atom is 0.167 e. The molecule has 0 fully saturated rings. The Morgan fingerprint density at radius 3 is 2.40 bits per heavy atom. The Balaban J connectivity index is 2.13. The molecular weight excluding hydrogens is 244 g/mol. The lowest BCUT2D eigenvalue weighted by Crippen LogP contribution is -2.05. The third kappa shape index (κ3) is 4.06. The second kappa shape index (κ2) is 6.51. The molecule has 2 rings (SSSR count). The van der Waals surface area contributed by atoms with Gasteiger partial charge in [-0.3, -0.25) is 4.79 Å². The largest absolute Gasteiger partial charge is 0.294 e. The summed E-state index contributed by atoms with van der Waals surface area (Å²) in [6, 6.07) is 16.2. The number of carbonyl (C=O) groups excluding carboxylic acids is 1. The molecule has 1 heteroatoms. The van der Waals surface area contributed by atoms with E-state index in [2.05, 4.69) is 39.0 Å². The average Bonchev–Trinajstić information content (AvgIpc) is 2.38. The number of Topliss-reactive ketones (excluding diaryl/α,β-unsaturated/α-hetero) is 1. The standard InChI is InChI=1S/C19H22O/c1-14(2)10-16-8-5-9-18(12-16)19(20)13-17-7-4-6-15(3)11-17/h4-9,11-12,14H,10,13H2,1-3H3. The van der Waals surface area contributed by atoms with Gasteiger partial charge in [-0.2, -0.15) is 0 Å². The molecule has 0 spiro atoms. The maximum atomic E-state index is 12.4. The molecule has 0 heterocycles. The van der Waals surface area contributed by atoms with Crippen LogP contribution in [0.3, 0.4) is 0 Å². The zero-order chi connectivity index (χ0) is 14.5. The summed E-state index contributed by atoms with van der Waals surface area (Å²) >= 11 is 0. The Labute approximate surface area is 121 Å². The second-order valence-electron chi connectivity index (χ2n) is 5.89. The molecule has 0 atom stereocenters. The van der Waals surface area contributed by atoms with Crippen LogP contribution in [0.4, 0.5) is 0 Å². The molecule has 2 aromatic carbocycles. The van der Waals surface area contributed by atoms with Crippen molar-refractivity contribution >= 4 is 5.78 Å². The zero-order valence-corrected chi connectivity index (χ0v) is 12.5. The molecular formula is C19H22O. The SMILES string of the molecule is Cc1cccc(CC(=O)c2cccc(CC(C)C)c2)c1. The number of aryl methyl sites for hydroxylation is 1. The molecule has 0 N–H and O–H groups in total. The Morgan fingerprint density at radius 1 is 1.00 bits per heavy atom.